The van der Waals surface area contributed by atoms with Crippen LogP contribution in [-0.2, 0) is 6.42 Å². The molecule has 1 N–H and O–H groups in total. The maximum Gasteiger partial charge on any atom is 0.259 e. The summed E-state index contributed by atoms with van der Waals surface area (Å²) in [5, 5.41) is 2.98. The number of ether oxygens (including phenoxy) is 2. The molecule has 31 heavy (non-hydrogen) atoms. The zero-order chi connectivity index (χ0) is 21.9. The summed E-state index contributed by atoms with van der Waals surface area (Å²) in [6.45, 7) is 5.47. The minimum Gasteiger partial charge on any atom is -0.493 e. The molecule has 0 bridgehead atoms. The molecule has 0 aromatic heterocycles. The number of benzene rings is 3. The highest BCUT2D eigenvalue weighted by Crippen LogP contribution is 2.26. The van der Waals surface area contributed by atoms with Gasteiger partial charge in [-0.3, -0.25) is 4.79 Å². The number of hydrogen-bond acceptors (Lipinski definition) is 3. The van der Waals surface area contributed by atoms with E-state index in [-0.39, 0.29) is 5.91 Å². The van der Waals surface area contributed by atoms with E-state index >= 15 is 0 Å². The summed E-state index contributed by atoms with van der Waals surface area (Å²) in [6, 6.07) is 25.2. The highest BCUT2D eigenvalue weighted by Gasteiger charge is 2.14. The van der Waals surface area contributed by atoms with E-state index in [1.54, 1.807) is 6.07 Å². The molecule has 162 valence electrons. The molecule has 4 heteroatoms. The van der Waals surface area contributed by atoms with Gasteiger partial charge in [-0.05, 0) is 55.0 Å². The fourth-order valence-electron chi connectivity index (χ4n) is 3.17. The van der Waals surface area contributed by atoms with Crippen LogP contribution in [0.3, 0.4) is 0 Å². The van der Waals surface area contributed by atoms with Gasteiger partial charge in [0.15, 0.2) is 0 Å². The number of para-hydroxylation sites is 3. The molecule has 0 radical (unpaired) electrons. The van der Waals surface area contributed by atoms with Crippen molar-refractivity contribution in [2.45, 2.75) is 33.1 Å². The lowest BCUT2D eigenvalue weighted by Crippen LogP contribution is -2.15. The van der Waals surface area contributed by atoms with Crippen molar-refractivity contribution in [2.24, 2.45) is 5.92 Å². The summed E-state index contributed by atoms with van der Waals surface area (Å²) in [7, 11) is 0. The molecule has 0 fully saturated rings. The molecule has 4 nitrogen and oxygen atoms in total. The van der Waals surface area contributed by atoms with Crippen molar-refractivity contribution in [3.05, 3.63) is 90.0 Å². The summed E-state index contributed by atoms with van der Waals surface area (Å²) < 4.78 is 11.8. The van der Waals surface area contributed by atoms with Gasteiger partial charge in [-0.15, -0.1) is 0 Å². The normalized spacial score (nSPS) is 10.7. The van der Waals surface area contributed by atoms with Crippen LogP contribution in [0.2, 0.25) is 0 Å². The second-order valence-electron chi connectivity index (χ2n) is 7.92. The lowest BCUT2D eigenvalue weighted by Gasteiger charge is -2.15. The molecular weight excluding hydrogens is 386 g/mol. The molecule has 0 saturated heterocycles. The maximum atomic E-state index is 13.0. The number of nitrogens with one attached hydrogen (secondary N) is 1. The van der Waals surface area contributed by atoms with Crippen LogP contribution in [0.25, 0.3) is 0 Å². The summed E-state index contributed by atoms with van der Waals surface area (Å²) in [5.41, 5.74) is 2.47. The predicted molar refractivity (Wildman–Crippen MR) is 126 cm³/mol. The first-order chi connectivity index (χ1) is 15.1. The Labute approximate surface area is 185 Å². The van der Waals surface area contributed by atoms with E-state index in [0.717, 1.165) is 19.3 Å². The summed E-state index contributed by atoms with van der Waals surface area (Å²) in [5.74, 6) is 1.61. The van der Waals surface area contributed by atoms with Gasteiger partial charge in [0, 0.05) is 0 Å². The van der Waals surface area contributed by atoms with Gasteiger partial charge in [0.25, 0.3) is 5.91 Å². The zero-order valence-corrected chi connectivity index (χ0v) is 18.3. The second-order valence-corrected chi connectivity index (χ2v) is 7.92. The molecule has 3 aromatic rings. The van der Waals surface area contributed by atoms with Crippen molar-refractivity contribution < 1.29 is 14.3 Å². The lowest BCUT2D eigenvalue weighted by molar-refractivity contribution is 0.102. The average molecular weight is 418 g/mol. The van der Waals surface area contributed by atoms with Crippen molar-refractivity contribution in [1.82, 2.24) is 0 Å². The Hall–Kier alpha value is -3.27. The van der Waals surface area contributed by atoms with Gasteiger partial charge in [-0.1, -0.05) is 68.4 Å². The molecule has 0 unspecified atom stereocenters. The molecule has 3 aromatic carbocycles. The number of hydrogen-bond donors (Lipinski definition) is 1. The summed E-state index contributed by atoms with van der Waals surface area (Å²) in [6.07, 6.45) is 2.80. The lowest BCUT2D eigenvalue weighted by atomic mass is 10.1. The highest BCUT2D eigenvalue weighted by atomic mass is 16.5. The number of amides is 1. The topological polar surface area (TPSA) is 47.6 Å². The fourth-order valence-corrected chi connectivity index (χ4v) is 3.17. The van der Waals surface area contributed by atoms with E-state index in [2.05, 4.69) is 31.3 Å². The molecule has 0 spiro atoms. The number of rotatable bonds is 11. The zero-order valence-electron chi connectivity index (χ0n) is 18.3. The third kappa shape index (κ3) is 7.18. The number of aryl methyl sites for hydroxylation is 1. The number of carbonyl (C=O) groups is 1. The molecule has 0 aliphatic heterocycles. The fraction of sp³-hybridized carbons (Fsp3) is 0.296. The van der Waals surface area contributed by atoms with Crippen LogP contribution in [0.5, 0.6) is 11.5 Å². The van der Waals surface area contributed by atoms with E-state index in [9.17, 15) is 4.79 Å². The predicted octanol–water partition coefficient (Wildman–Crippen LogP) is 6.38. The number of anilines is 1. The van der Waals surface area contributed by atoms with Crippen molar-refractivity contribution in [1.29, 1.82) is 0 Å². The van der Waals surface area contributed by atoms with Gasteiger partial charge < -0.3 is 14.8 Å². The van der Waals surface area contributed by atoms with Crippen molar-refractivity contribution in [3.8, 4) is 11.5 Å². The monoisotopic (exact) mass is 417 g/mol. The minimum absolute atomic E-state index is 0.208. The van der Waals surface area contributed by atoms with E-state index < -0.39 is 0 Å². The Balaban J connectivity index is 1.59. The van der Waals surface area contributed by atoms with Gasteiger partial charge in [-0.25, -0.2) is 0 Å². The number of carbonyl (C=O) groups excluding carboxylic acids is 1. The smallest absolute Gasteiger partial charge is 0.259 e. The first-order valence-electron chi connectivity index (χ1n) is 10.9. The molecule has 0 atom stereocenters. The van der Waals surface area contributed by atoms with Gasteiger partial charge in [0.05, 0.1) is 24.5 Å². The van der Waals surface area contributed by atoms with Crippen LogP contribution < -0.4 is 14.8 Å². The molecule has 0 aliphatic rings. The van der Waals surface area contributed by atoms with Crippen molar-refractivity contribution in [3.63, 3.8) is 0 Å². The first kappa shape index (κ1) is 22.4. The van der Waals surface area contributed by atoms with Crippen LogP contribution in [0.4, 0.5) is 5.69 Å². The molecular formula is C27H31NO3. The van der Waals surface area contributed by atoms with Gasteiger partial charge in [-0.2, -0.15) is 0 Å². The average Bonchev–Trinajstić information content (AvgIpc) is 2.78. The summed E-state index contributed by atoms with van der Waals surface area (Å²) >= 11 is 0. The minimum atomic E-state index is -0.208. The van der Waals surface area contributed by atoms with Crippen LogP contribution in [-0.4, -0.2) is 19.1 Å². The Bertz CT molecular complexity index is 953. The third-order valence-electron chi connectivity index (χ3n) is 4.93. The van der Waals surface area contributed by atoms with E-state index in [1.807, 2.05) is 60.7 Å². The Kier molecular flexibility index (Phi) is 8.53. The van der Waals surface area contributed by atoms with Gasteiger partial charge in [0.2, 0.25) is 0 Å². The quantitative estimate of drug-likeness (QED) is 0.369. The Morgan fingerprint density at radius 1 is 0.806 bits per heavy atom. The maximum absolute atomic E-state index is 13.0. The summed E-state index contributed by atoms with van der Waals surface area (Å²) in [4.78, 5) is 13.0. The molecule has 0 aliphatic carbocycles. The van der Waals surface area contributed by atoms with Gasteiger partial charge in [0.1, 0.15) is 11.5 Å². The second kappa shape index (κ2) is 11.8. The Morgan fingerprint density at radius 3 is 2.23 bits per heavy atom. The van der Waals surface area contributed by atoms with E-state index in [0.29, 0.717) is 41.9 Å². The van der Waals surface area contributed by atoms with Crippen LogP contribution >= 0.6 is 0 Å². The molecule has 3 rings (SSSR count). The standard InChI is InChI=1S/C27H31NO3/c1-21(2)18-20-31-25-16-8-6-14-23(25)27(29)28-24-15-7-9-17-26(24)30-19-10-13-22-11-4-3-5-12-22/h3-9,11-12,14-17,21H,10,13,18-20H2,1-2H3,(H,28,29). The molecule has 1 amide bonds. The highest BCUT2D eigenvalue weighted by molar-refractivity contribution is 6.06. The van der Waals surface area contributed by atoms with Crippen LogP contribution in [0.1, 0.15) is 42.6 Å². The van der Waals surface area contributed by atoms with Crippen molar-refractivity contribution >= 4 is 11.6 Å². The molecule has 0 heterocycles. The first-order valence-corrected chi connectivity index (χ1v) is 10.9. The van der Waals surface area contributed by atoms with Crippen LogP contribution in [0.15, 0.2) is 78.9 Å². The Morgan fingerprint density at radius 2 is 1.45 bits per heavy atom. The van der Waals surface area contributed by atoms with Gasteiger partial charge >= 0.3 is 0 Å². The third-order valence-corrected chi connectivity index (χ3v) is 4.93. The van der Waals surface area contributed by atoms with Crippen molar-refractivity contribution in [2.75, 3.05) is 18.5 Å². The van der Waals surface area contributed by atoms with E-state index in [4.69, 9.17) is 9.47 Å². The SMILES string of the molecule is CC(C)CCOc1ccccc1C(=O)Nc1ccccc1OCCCc1ccccc1. The van der Waals surface area contributed by atoms with E-state index in [1.165, 1.54) is 5.56 Å². The van der Waals surface area contributed by atoms with Crippen LogP contribution in [0, 0.1) is 5.92 Å². The largest absolute Gasteiger partial charge is 0.493 e. The molecule has 0 saturated carbocycles.